The first-order valence-corrected chi connectivity index (χ1v) is 12.0. The maximum atomic E-state index is 15.1. The molecule has 0 atom stereocenters. The molecule has 1 amide bonds. The molecule has 1 aliphatic heterocycles. The van der Waals surface area contributed by atoms with Crippen molar-refractivity contribution >= 4 is 23.2 Å². The highest BCUT2D eigenvalue weighted by atomic mass is 19.1. The molecule has 9 heteroatoms. The first kappa shape index (κ1) is 23.9. The molecule has 186 valence electrons. The minimum Gasteiger partial charge on any atom is -0.355 e. The number of rotatable bonds is 6. The highest BCUT2D eigenvalue weighted by Gasteiger charge is 2.29. The number of carbonyl (C=O) groups excluding carboxylic acids is 1. The van der Waals surface area contributed by atoms with Gasteiger partial charge in [0, 0.05) is 55.3 Å². The molecule has 0 radical (unpaired) electrons. The van der Waals surface area contributed by atoms with E-state index in [1.807, 2.05) is 18.2 Å². The van der Waals surface area contributed by atoms with Crippen LogP contribution in [-0.4, -0.2) is 51.2 Å². The lowest BCUT2D eigenvalue weighted by Gasteiger charge is -2.34. The molecule has 1 fully saturated rings. The summed E-state index contributed by atoms with van der Waals surface area (Å²) in [6.45, 7) is 3.34. The Hall–Kier alpha value is -3.85. The standard InChI is InChI=1S/C27H28F2N6O/c1-27(29)11-14-34(15-12-27)17-20-6-5-19(16-23(20)28)22-4-3-13-35-24(22)32-26(33-35)31-21-9-7-18(8-10-21)25(36)30-2/h3-10,13,16H,11-12,14-15,17H2,1-2H3,(H,30,36)(H,31,33). The van der Waals surface area contributed by atoms with E-state index >= 15 is 4.39 Å². The van der Waals surface area contributed by atoms with Crippen LogP contribution in [0.25, 0.3) is 16.8 Å². The van der Waals surface area contributed by atoms with Gasteiger partial charge < -0.3 is 10.6 Å². The number of amides is 1. The van der Waals surface area contributed by atoms with E-state index in [1.165, 1.54) is 6.07 Å². The first-order valence-electron chi connectivity index (χ1n) is 12.0. The molecule has 5 rings (SSSR count). The Morgan fingerprint density at radius 3 is 2.56 bits per heavy atom. The van der Waals surface area contributed by atoms with Crippen molar-refractivity contribution in [2.24, 2.45) is 0 Å². The summed E-state index contributed by atoms with van der Waals surface area (Å²) in [5.74, 6) is -0.0664. The zero-order valence-electron chi connectivity index (χ0n) is 20.3. The number of hydrogen-bond acceptors (Lipinski definition) is 5. The molecule has 1 saturated heterocycles. The third-order valence-corrected chi connectivity index (χ3v) is 6.65. The van der Waals surface area contributed by atoms with Crippen molar-refractivity contribution in [1.29, 1.82) is 0 Å². The van der Waals surface area contributed by atoms with Crippen molar-refractivity contribution in [2.45, 2.75) is 32.0 Å². The molecule has 2 aromatic heterocycles. The van der Waals surface area contributed by atoms with Gasteiger partial charge in [-0.1, -0.05) is 12.1 Å². The lowest BCUT2D eigenvalue weighted by atomic mass is 9.95. The fourth-order valence-corrected chi connectivity index (χ4v) is 4.42. The van der Waals surface area contributed by atoms with Crippen molar-refractivity contribution in [3.63, 3.8) is 0 Å². The van der Waals surface area contributed by atoms with Crippen LogP contribution >= 0.6 is 0 Å². The second-order valence-electron chi connectivity index (χ2n) is 9.40. The van der Waals surface area contributed by atoms with Gasteiger partial charge in [0.1, 0.15) is 11.5 Å². The maximum absolute atomic E-state index is 15.1. The fraction of sp³-hybridized carbons (Fsp3) is 0.296. The van der Waals surface area contributed by atoms with Crippen molar-refractivity contribution < 1.29 is 13.6 Å². The van der Waals surface area contributed by atoms with Gasteiger partial charge in [0.25, 0.3) is 5.91 Å². The number of alkyl halides is 1. The molecule has 0 saturated carbocycles. The molecule has 0 bridgehead atoms. The quantitative estimate of drug-likeness (QED) is 0.400. The Bertz CT molecular complexity index is 1390. The second kappa shape index (κ2) is 9.66. The maximum Gasteiger partial charge on any atom is 0.251 e. The summed E-state index contributed by atoms with van der Waals surface area (Å²) >= 11 is 0. The normalized spacial score (nSPS) is 15.7. The van der Waals surface area contributed by atoms with Gasteiger partial charge in [-0.15, -0.1) is 5.10 Å². The minimum absolute atomic E-state index is 0.158. The number of hydrogen-bond donors (Lipinski definition) is 2. The van der Waals surface area contributed by atoms with E-state index in [0.717, 1.165) is 11.3 Å². The summed E-state index contributed by atoms with van der Waals surface area (Å²) in [7, 11) is 1.59. The van der Waals surface area contributed by atoms with Crippen LogP contribution in [0.3, 0.4) is 0 Å². The fourth-order valence-electron chi connectivity index (χ4n) is 4.42. The van der Waals surface area contributed by atoms with Crippen LogP contribution in [0.4, 0.5) is 20.4 Å². The number of piperidine rings is 1. The lowest BCUT2D eigenvalue weighted by molar-refractivity contribution is 0.0700. The second-order valence-corrected chi connectivity index (χ2v) is 9.40. The molecule has 3 heterocycles. The van der Waals surface area contributed by atoms with Crippen LogP contribution in [0.15, 0.2) is 60.8 Å². The molecule has 7 nitrogen and oxygen atoms in total. The molecule has 1 aliphatic rings. The van der Waals surface area contributed by atoms with Gasteiger partial charge in [-0.2, -0.15) is 4.98 Å². The Morgan fingerprint density at radius 1 is 1.11 bits per heavy atom. The van der Waals surface area contributed by atoms with Crippen LogP contribution in [-0.2, 0) is 6.54 Å². The number of carbonyl (C=O) groups is 1. The highest BCUT2D eigenvalue weighted by Crippen LogP contribution is 2.29. The van der Waals surface area contributed by atoms with Crippen LogP contribution in [0.1, 0.15) is 35.7 Å². The van der Waals surface area contributed by atoms with E-state index in [0.29, 0.717) is 60.8 Å². The number of aromatic nitrogens is 3. The van der Waals surface area contributed by atoms with Crippen LogP contribution in [0.5, 0.6) is 0 Å². The lowest BCUT2D eigenvalue weighted by Crippen LogP contribution is -2.39. The third kappa shape index (κ3) is 5.06. The molecule has 2 aromatic carbocycles. The van der Waals surface area contributed by atoms with Crippen molar-refractivity contribution in [2.75, 3.05) is 25.5 Å². The molecule has 0 unspecified atom stereocenters. The summed E-state index contributed by atoms with van der Waals surface area (Å²) in [4.78, 5) is 18.4. The molecule has 2 N–H and O–H groups in total. The van der Waals surface area contributed by atoms with Gasteiger partial charge in [-0.3, -0.25) is 9.69 Å². The number of likely N-dealkylation sites (tertiary alicyclic amines) is 1. The summed E-state index contributed by atoms with van der Waals surface area (Å²) < 4.78 is 30.8. The molecule has 0 spiro atoms. The third-order valence-electron chi connectivity index (χ3n) is 6.65. The number of nitrogens with zero attached hydrogens (tertiary/aromatic N) is 4. The van der Waals surface area contributed by atoms with Crippen LogP contribution in [0.2, 0.25) is 0 Å². The molecule has 4 aromatic rings. The van der Waals surface area contributed by atoms with Gasteiger partial charge in [-0.05, 0) is 67.8 Å². The van der Waals surface area contributed by atoms with E-state index in [9.17, 15) is 9.18 Å². The van der Waals surface area contributed by atoms with Gasteiger partial charge in [0.2, 0.25) is 5.95 Å². The smallest absolute Gasteiger partial charge is 0.251 e. The van der Waals surface area contributed by atoms with Crippen molar-refractivity contribution in [3.05, 3.63) is 77.7 Å². The summed E-state index contributed by atoms with van der Waals surface area (Å²) in [6, 6.07) is 15.9. The van der Waals surface area contributed by atoms with E-state index in [1.54, 1.807) is 55.0 Å². The van der Waals surface area contributed by atoms with Crippen molar-refractivity contribution in [3.8, 4) is 11.1 Å². The van der Waals surface area contributed by atoms with Gasteiger partial charge in [0.05, 0.1) is 0 Å². The number of nitrogens with one attached hydrogen (secondary N) is 2. The Kier molecular flexibility index (Phi) is 6.40. The summed E-state index contributed by atoms with van der Waals surface area (Å²) in [6.07, 6.45) is 2.72. The Morgan fingerprint density at radius 2 is 1.86 bits per heavy atom. The molecular weight excluding hydrogens is 462 g/mol. The van der Waals surface area contributed by atoms with Crippen molar-refractivity contribution in [1.82, 2.24) is 24.8 Å². The highest BCUT2D eigenvalue weighted by molar-refractivity contribution is 5.94. The molecule has 0 aliphatic carbocycles. The topological polar surface area (TPSA) is 74.6 Å². The minimum atomic E-state index is -1.13. The number of halogens is 2. The average molecular weight is 491 g/mol. The average Bonchev–Trinajstić information content (AvgIpc) is 3.29. The van der Waals surface area contributed by atoms with Gasteiger partial charge in [0.15, 0.2) is 5.65 Å². The molecule has 36 heavy (non-hydrogen) atoms. The first-order chi connectivity index (χ1) is 17.3. The zero-order valence-corrected chi connectivity index (χ0v) is 20.3. The monoisotopic (exact) mass is 490 g/mol. The van der Waals surface area contributed by atoms with Crippen LogP contribution < -0.4 is 10.6 Å². The van der Waals surface area contributed by atoms with E-state index < -0.39 is 5.67 Å². The summed E-state index contributed by atoms with van der Waals surface area (Å²) in [5, 5.41) is 10.2. The zero-order chi connectivity index (χ0) is 25.3. The van der Waals surface area contributed by atoms with E-state index in [4.69, 9.17) is 0 Å². The Labute approximate surface area is 208 Å². The van der Waals surface area contributed by atoms with Crippen LogP contribution in [0, 0.1) is 5.82 Å². The number of pyridine rings is 1. The molecular formula is C27H28F2N6O. The summed E-state index contributed by atoms with van der Waals surface area (Å²) in [5.41, 5.74) is 2.81. The van der Waals surface area contributed by atoms with Gasteiger partial charge >= 0.3 is 0 Å². The SMILES string of the molecule is CNC(=O)c1ccc(Nc2nc3c(-c4ccc(CN5CCC(C)(F)CC5)c(F)c4)cccn3n2)cc1. The predicted octanol–water partition coefficient (Wildman–Crippen LogP) is 4.96. The number of fused-ring (bicyclic) bond motifs is 1. The van der Waals surface area contributed by atoms with Gasteiger partial charge in [-0.25, -0.2) is 13.3 Å². The number of anilines is 2. The predicted molar refractivity (Wildman–Crippen MR) is 136 cm³/mol. The Balaban J connectivity index is 1.35. The largest absolute Gasteiger partial charge is 0.355 e. The van der Waals surface area contributed by atoms with E-state index in [-0.39, 0.29) is 11.7 Å². The van der Waals surface area contributed by atoms with E-state index in [2.05, 4.69) is 25.6 Å². The number of benzene rings is 2.